The van der Waals surface area contributed by atoms with Crippen LogP contribution in [0, 0.1) is 0 Å². The molecule has 0 aromatic heterocycles. The molecule has 1 heterocycles. The second-order valence-electron chi connectivity index (χ2n) is 2.86. The number of nitrogens with two attached hydrogens (primary N) is 2. The summed E-state index contributed by atoms with van der Waals surface area (Å²) < 4.78 is 4.83. The molecule has 6 heteroatoms. The smallest absolute Gasteiger partial charge is 0.172 e. The van der Waals surface area contributed by atoms with Gasteiger partial charge in [-0.15, -0.1) is 0 Å². The first-order valence-corrected chi connectivity index (χ1v) is 3.73. The molecule has 1 fully saturated rings. The average Bonchev–Trinajstić information content (AvgIpc) is 2.08. The van der Waals surface area contributed by atoms with Gasteiger partial charge in [-0.2, -0.15) is 0 Å². The van der Waals surface area contributed by atoms with Gasteiger partial charge in [-0.25, -0.2) is 0 Å². The molecule has 1 rings (SSSR count). The fourth-order valence-corrected chi connectivity index (χ4v) is 1.16. The SMILES string of the molecule is NC[C@H]1O[C@H](O)[C@H](N)[C@H](O)[C@@H]1O. The van der Waals surface area contributed by atoms with E-state index in [9.17, 15) is 10.2 Å². The molecule has 0 spiro atoms. The van der Waals surface area contributed by atoms with Crippen molar-refractivity contribution >= 4 is 0 Å². The highest BCUT2D eigenvalue weighted by Gasteiger charge is 2.41. The topological polar surface area (TPSA) is 122 Å². The fraction of sp³-hybridized carbons (Fsp3) is 1.00. The van der Waals surface area contributed by atoms with Crippen LogP contribution in [0.4, 0.5) is 0 Å². The predicted molar refractivity (Wildman–Crippen MR) is 39.9 cm³/mol. The van der Waals surface area contributed by atoms with E-state index in [0.717, 1.165) is 0 Å². The van der Waals surface area contributed by atoms with Gasteiger partial charge in [0.25, 0.3) is 0 Å². The normalized spacial score (nSPS) is 49.2. The molecule has 7 N–H and O–H groups in total. The van der Waals surface area contributed by atoms with Crippen molar-refractivity contribution in [2.75, 3.05) is 6.54 Å². The van der Waals surface area contributed by atoms with Crippen LogP contribution in [0.25, 0.3) is 0 Å². The predicted octanol–water partition coefficient (Wildman–Crippen LogP) is -3.29. The average molecular weight is 178 g/mol. The van der Waals surface area contributed by atoms with Crippen LogP contribution in [-0.4, -0.2) is 52.5 Å². The Morgan fingerprint density at radius 1 is 1.17 bits per heavy atom. The summed E-state index contributed by atoms with van der Waals surface area (Å²) in [6.07, 6.45) is -4.34. The van der Waals surface area contributed by atoms with Crippen molar-refractivity contribution in [1.82, 2.24) is 0 Å². The number of rotatable bonds is 1. The third-order valence-electron chi connectivity index (χ3n) is 2.00. The lowest BCUT2D eigenvalue weighted by Crippen LogP contribution is -2.62. The summed E-state index contributed by atoms with van der Waals surface area (Å²) in [7, 11) is 0. The van der Waals surface area contributed by atoms with Crippen LogP contribution in [0.15, 0.2) is 0 Å². The van der Waals surface area contributed by atoms with Gasteiger partial charge in [-0.1, -0.05) is 0 Å². The van der Waals surface area contributed by atoms with E-state index in [0.29, 0.717) is 0 Å². The van der Waals surface area contributed by atoms with Gasteiger partial charge in [0.05, 0.1) is 6.04 Å². The zero-order valence-corrected chi connectivity index (χ0v) is 6.50. The summed E-state index contributed by atoms with van der Waals surface area (Å²) in [5, 5.41) is 27.6. The zero-order valence-electron chi connectivity index (χ0n) is 6.50. The van der Waals surface area contributed by atoms with Gasteiger partial charge in [0, 0.05) is 6.54 Å². The van der Waals surface area contributed by atoms with Crippen molar-refractivity contribution in [1.29, 1.82) is 0 Å². The van der Waals surface area contributed by atoms with Crippen molar-refractivity contribution < 1.29 is 20.1 Å². The molecule has 0 amide bonds. The van der Waals surface area contributed by atoms with E-state index in [-0.39, 0.29) is 6.54 Å². The summed E-state index contributed by atoms with van der Waals surface area (Å²) in [5.74, 6) is 0. The molecule has 0 saturated carbocycles. The zero-order chi connectivity index (χ0) is 9.30. The Balaban J connectivity index is 2.63. The maximum absolute atomic E-state index is 9.28. The quantitative estimate of drug-likeness (QED) is 0.287. The summed E-state index contributed by atoms with van der Waals surface area (Å²) in [5.41, 5.74) is 10.5. The van der Waals surface area contributed by atoms with Gasteiger partial charge in [-0.05, 0) is 0 Å². The fourth-order valence-electron chi connectivity index (χ4n) is 1.16. The molecular weight excluding hydrogens is 164 g/mol. The number of aliphatic hydroxyl groups is 3. The molecule has 0 bridgehead atoms. The monoisotopic (exact) mass is 178 g/mol. The van der Waals surface area contributed by atoms with Crippen LogP contribution in [-0.2, 0) is 4.74 Å². The molecule has 0 aromatic rings. The molecule has 0 radical (unpaired) electrons. The van der Waals surface area contributed by atoms with Crippen molar-refractivity contribution in [2.24, 2.45) is 11.5 Å². The molecule has 72 valence electrons. The molecule has 5 atom stereocenters. The second-order valence-corrected chi connectivity index (χ2v) is 2.86. The lowest BCUT2D eigenvalue weighted by atomic mass is 9.98. The Kier molecular flexibility index (Phi) is 2.99. The standard InChI is InChI=1S/C6H14N2O4/c7-1-2-4(9)5(10)3(8)6(11)12-2/h2-6,9-11H,1,7-8H2/t2-,3-,4-,5+,6+/m1/s1. The lowest BCUT2D eigenvalue weighted by molar-refractivity contribution is -0.238. The Hall–Kier alpha value is -0.240. The molecular formula is C6H14N2O4. The lowest BCUT2D eigenvalue weighted by Gasteiger charge is -2.38. The van der Waals surface area contributed by atoms with Crippen LogP contribution < -0.4 is 11.5 Å². The minimum atomic E-state index is -1.27. The van der Waals surface area contributed by atoms with E-state index in [2.05, 4.69) is 0 Å². The van der Waals surface area contributed by atoms with Crippen molar-refractivity contribution in [3.8, 4) is 0 Å². The molecule has 6 nitrogen and oxygen atoms in total. The summed E-state index contributed by atoms with van der Waals surface area (Å²) >= 11 is 0. The van der Waals surface area contributed by atoms with Crippen LogP contribution in [0.1, 0.15) is 0 Å². The Morgan fingerprint density at radius 2 is 1.75 bits per heavy atom. The first-order valence-electron chi connectivity index (χ1n) is 3.73. The molecule has 1 saturated heterocycles. The highest BCUT2D eigenvalue weighted by Crippen LogP contribution is 2.17. The van der Waals surface area contributed by atoms with Crippen LogP contribution in [0.3, 0.4) is 0 Å². The minimum absolute atomic E-state index is 0.0298. The van der Waals surface area contributed by atoms with E-state index in [1.54, 1.807) is 0 Å². The van der Waals surface area contributed by atoms with Gasteiger partial charge in [-0.3, -0.25) is 0 Å². The number of hydrogen-bond donors (Lipinski definition) is 5. The maximum atomic E-state index is 9.28. The van der Waals surface area contributed by atoms with Gasteiger partial charge < -0.3 is 31.5 Å². The van der Waals surface area contributed by atoms with E-state index >= 15 is 0 Å². The third kappa shape index (κ3) is 1.58. The summed E-state index contributed by atoms with van der Waals surface area (Å²) in [6, 6.07) is -0.984. The largest absolute Gasteiger partial charge is 0.388 e. The van der Waals surface area contributed by atoms with Gasteiger partial charge >= 0.3 is 0 Å². The van der Waals surface area contributed by atoms with Gasteiger partial charge in [0.15, 0.2) is 6.29 Å². The Bertz CT molecular complexity index is 152. The van der Waals surface area contributed by atoms with E-state index < -0.39 is 30.6 Å². The molecule has 1 aliphatic heterocycles. The van der Waals surface area contributed by atoms with Crippen LogP contribution in [0.2, 0.25) is 0 Å². The van der Waals surface area contributed by atoms with E-state index in [1.807, 2.05) is 0 Å². The van der Waals surface area contributed by atoms with E-state index in [4.69, 9.17) is 21.3 Å². The second kappa shape index (κ2) is 3.65. The summed E-state index contributed by atoms with van der Waals surface area (Å²) in [4.78, 5) is 0. The van der Waals surface area contributed by atoms with Crippen LogP contribution in [0.5, 0.6) is 0 Å². The van der Waals surface area contributed by atoms with Crippen molar-refractivity contribution in [3.05, 3.63) is 0 Å². The van der Waals surface area contributed by atoms with E-state index in [1.165, 1.54) is 0 Å². The molecule has 0 aromatic carbocycles. The Morgan fingerprint density at radius 3 is 2.25 bits per heavy atom. The van der Waals surface area contributed by atoms with Crippen molar-refractivity contribution in [3.63, 3.8) is 0 Å². The highest BCUT2D eigenvalue weighted by atomic mass is 16.6. The minimum Gasteiger partial charge on any atom is -0.388 e. The van der Waals surface area contributed by atoms with Gasteiger partial charge in [0.1, 0.15) is 18.3 Å². The maximum Gasteiger partial charge on any atom is 0.172 e. The Labute approximate surface area is 69.7 Å². The third-order valence-corrected chi connectivity index (χ3v) is 2.00. The number of ether oxygens (including phenoxy) is 1. The summed E-state index contributed by atoms with van der Waals surface area (Å²) in [6.45, 7) is 0.0298. The molecule has 12 heavy (non-hydrogen) atoms. The van der Waals surface area contributed by atoms with Crippen molar-refractivity contribution in [2.45, 2.75) is 30.6 Å². The number of aliphatic hydroxyl groups excluding tert-OH is 3. The van der Waals surface area contributed by atoms with Crippen LogP contribution >= 0.6 is 0 Å². The first kappa shape index (κ1) is 9.85. The first-order chi connectivity index (χ1) is 5.57. The molecule has 0 aliphatic carbocycles. The molecule has 1 aliphatic rings. The molecule has 0 unspecified atom stereocenters. The number of hydrogen-bond acceptors (Lipinski definition) is 6. The highest BCUT2D eigenvalue weighted by molar-refractivity contribution is 4.91. The van der Waals surface area contributed by atoms with Gasteiger partial charge in [0.2, 0.25) is 0 Å².